The molecule has 2 rings (SSSR count). The van der Waals surface area contributed by atoms with E-state index in [1.165, 1.54) is 6.42 Å². The third kappa shape index (κ3) is 3.82. The molecule has 112 valence electrons. The van der Waals surface area contributed by atoms with Gasteiger partial charge in [-0.15, -0.1) is 0 Å². The molecule has 0 saturated heterocycles. The summed E-state index contributed by atoms with van der Waals surface area (Å²) in [5.41, 5.74) is 1.06. The molecule has 0 aromatic carbocycles. The van der Waals surface area contributed by atoms with Crippen LogP contribution in [0.15, 0.2) is 0 Å². The van der Waals surface area contributed by atoms with Crippen LogP contribution in [0.2, 0.25) is 0 Å². The van der Waals surface area contributed by atoms with Gasteiger partial charge in [0.2, 0.25) is 0 Å². The Labute approximate surface area is 121 Å². The molecule has 0 radical (unpaired) electrons. The van der Waals surface area contributed by atoms with E-state index in [0.29, 0.717) is 5.92 Å². The average molecular weight is 278 g/mol. The molecule has 1 saturated carbocycles. The fourth-order valence-electron chi connectivity index (χ4n) is 2.83. The minimum Gasteiger partial charge on any atom is -0.393 e. The lowest BCUT2D eigenvalue weighted by Gasteiger charge is -2.26. The van der Waals surface area contributed by atoms with Crippen LogP contribution < -0.4 is 10.6 Å². The van der Waals surface area contributed by atoms with Crippen molar-refractivity contribution in [1.82, 2.24) is 9.97 Å². The van der Waals surface area contributed by atoms with Gasteiger partial charge in [0.1, 0.15) is 17.5 Å². The molecule has 3 N–H and O–H groups in total. The van der Waals surface area contributed by atoms with Crippen LogP contribution in [0.3, 0.4) is 0 Å². The lowest BCUT2D eigenvalue weighted by Crippen LogP contribution is -2.25. The van der Waals surface area contributed by atoms with Crippen molar-refractivity contribution in [3.63, 3.8) is 0 Å². The topological polar surface area (TPSA) is 70.1 Å². The van der Waals surface area contributed by atoms with E-state index in [-0.39, 0.29) is 6.10 Å². The Morgan fingerprint density at radius 1 is 1.15 bits per heavy atom. The first-order chi connectivity index (χ1) is 9.60. The van der Waals surface area contributed by atoms with Crippen LogP contribution >= 0.6 is 0 Å². The van der Waals surface area contributed by atoms with Gasteiger partial charge in [-0.25, -0.2) is 9.97 Å². The van der Waals surface area contributed by atoms with E-state index < -0.39 is 0 Å². The van der Waals surface area contributed by atoms with Crippen molar-refractivity contribution in [1.29, 1.82) is 0 Å². The third-order valence-corrected chi connectivity index (χ3v) is 3.92. The molecule has 0 bridgehead atoms. The number of aryl methyl sites for hydroxylation is 1. The molecule has 1 heterocycles. The van der Waals surface area contributed by atoms with Crippen LogP contribution in [0.4, 0.5) is 11.6 Å². The summed E-state index contributed by atoms with van der Waals surface area (Å²) in [7, 11) is 0. The molecule has 5 heteroatoms. The van der Waals surface area contributed by atoms with Crippen LogP contribution in [0.5, 0.6) is 0 Å². The van der Waals surface area contributed by atoms with Gasteiger partial charge in [0.15, 0.2) is 0 Å². The maximum absolute atomic E-state index is 9.73. The van der Waals surface area contributed by atoms with E-state index in [4.69, 9.17) is 0 Å². The first kappa shape index (κ1) is 15.0. The predicted molar refractivity (Wildman–Crippen MR) is 82.1 cm³/mol. The first-order valence-corrected chi connectivity index (χ1v) is 7.61. The van der Waals surface area contributed by atoms with Crippen molar-refractivity contribution in [2.45, 2.75) is 52.6 Å². The second-order valence-corrected chi connectivity index (χ2v) is 5.69. The number of nitrogens with zero attached hydrogens (tertiary/aromatic N) is 2. The Morgan fingerprint density at radius 3 is 2.50 bits per heavy atom. The molecule has 1 aromatic rings. The highest BCUT2D eigenvalue weighted by Crippen LogP contribution is 2.26. The Balaban J connectivity index is 2.01. The molecule has 0 aliphatic heterocycles. The number of aromatic nitrogens is 2. The van der Waals surface area contributed by atoms with Crippen molar-refractivity contribution in [3.05, 3.63) is 11.4 Å². The summed E-state index contributed by atoms with van der Waals surface area (Å²) in [6, 6.07) is 0. The summed E-state index contributed by atoms with van der Waals surface area (Å²) in [6.45, 7) is 7.74. The molecular weight excluding hydrogens is 252 g/mol. The number of hydrogen-bond donors (Lipinski definition) is 3. The largest absolute Gasteiger partial charge is 0.393 e. The van der Waals surface area contributed by atoms with Crippen molar-refractivity contribution in [2.75, 3.05) is 23.7 Å². The van der Waals surface area contributed by atoms with E-state index in [9.17, 15) is 5.11 Å². The SMILES string of the molecule is CCNc1nc(C)nc(NCC2CCCC(O)C2)c1C. The van der Waals surface area contributed by atoms with E-state index in [1.807, 2.05) is 13.8 Å². The summed E-state index contributed by atoms with van der Waals surface area (Å²) in [5.74, 6) is 3.13. The Kier molecular flexibility index (Phi) is 5.17. The molecule has 1 aliphatic carbocycles. The minimum atomic E-state index is -0.124. The van der Waals surface area contributed by atoms with Gasteiger partial charge in [-0.3, -0.25) is 0 Å². The number of rotatable bonds is 5. The van der Waals surface area contributed by atoms with Crippen LogP contribution in [-0.2, 0) is 0 Å². The fraction of sp³-hybridized carbons (Fsp3) is 0.733. The Hall–Kier alpha value is -1.36. The molecule has 5 nitrogen and oxygen atoms in total. The van der Waals surface area contributed by atoms with Gasteiger partial charge in [-0.1, -0.05) is 6.42 Å². The molecule has 1 fully saturated rings. The molecule has 0 spiro atoms. The predicted octanol–water partition coefficient (Wildman–Crippen LogP) is 2.49. The van der Waals surface area contributed by atoms with Crippen LogP contribution in [0.25, 0.3) is 0 Å². The number of anilines is 2. The molecule has 2 atom stereocenters. The standard InChI is InChI=1S/C15H26N4O/c1-4-16-14-10(2)15(19-11(3)18-14)17-9-12-6-5-7-13(20)8-12/h12-13,20H,4-9H2,1-3H3,(H2,16,17,18,19). The van der Waals surface area contributed by atoms with Gasteiger partial charge in [0.05, 0.1) is 6.10 Å². The first-order valence-electron chi connectivity index (χ1n) is 7.61. The van der Waals surface area contributed by atoms with Crippen molar-refractivity contribution in [2.24, 2.45) is 5.92 Å². The normalized spacial score (nSPS) is 22.6. The van der Waals surface area contributed by atoms with Gasteiger partial charge in [0.25, 0.3) is 0 Å². The lowest BCUT2D eigenvalue weighted by molar-refractivity contribution is 0.104. The van der Waals surface area contributed by atoms with Gasteiger partial charge >= 0.3 is 0 Å². The molecule has 0 amide bonds. The van der Waals surface area contributed by atoms with Crippen molar-refractivity contribution >= 4 is 11.6 Å². The van der Waals surface area contributed by atoms with Crippen molar-refractivity contribution in [3.8, 4) is 0 Å². The summed E-state index contributed by atoms with van der Waals surface area (Å²) in [6.07, 6.45) is 4.04. The van der Waals surface area contributed by atoms with Crippen LogP contribution in [0, 0.1) is 19.8 Å². The molecule has 1 aromatic heterocycles. The van der Waals surface area contributed by atoms with Crippen molar-refractivity contribution < 1.29 is 5.11 Å². The highest BCUT2D eigenvalue weighted by atomic mass is 16.3. The third-order valence-electron chi connectivity index (χ3n) is 3.92. The highest BCUT2D eigenvalue weighted by Gasteiger charge is 2.20. The lowest BCUT2D eigenvalue weighted by atomic mass is 9.87. The van der Waals surface area contributed by atoms with Crippen LogP contribution in [-0.4, -0.2) is 34.3 Å². The summed E-state index contributed by atoms with van der Waals surface area (Å²) in [4.78, 5) is 8.92. The second-order valence-electron chi connectivity index (χ2n) is 5.69. The minimum absolute atomic E-state index is 0.124. The van der Waals surface area contributed by atoms with E-state index in [0.717, 1.165) is 55.4 Å². The molecule has 2 unspecified atom stereocenters. The van der Waals surface area contributed by atoms with E-state index >= 15 is 0 Å². The Bertz CT molecular complexity index is 450. The number of aliphatic hydroxyl groups is 1. The zero-order chi connectivity index (χ0) is 14.5. The van der Waals surface area contributed by atoms with Gasteiger partial charge in [0, 0.05) is 18.7 Å². The summed E-state index contributed by atoms with van der Waals surface area (Å²) < 4.78 is 0. The van der Waals surface area contributed by atoms with E-state index in [2.05, 4.69) is 27.5 Å². The van der Waals surface area contributed by atoms with Gasteiger partial charge in [-0.2, -0.15) is 0 Å². The average Bonchev–Trinajstić information content (AvgIpc) is 2.41. The number of nitrogens with one attached hydrogen (secondary N) is 2. The molecular formula is C15H26N4O. The Morgan fingerprint density at radius 2 is 1.85 bits per heavy atom. The zero-order valence-corrected chi connectivity index (χ0v) is 12.7. The number of hydrogen-bond acceptors (Lipinski definition) is 5. The second kappa shape index (κ2) is 6.88. The maximum atomic E-state index is 9.73. The smallest absolute Gasteiger partial charge is 0.134 e. The van der Waals surface area contributed by atoms with Gasteiger partial charge in [-0.05, 0) is 46.0 Å². The fourth-order valence-corrected chi connectivity index (χ4v) is 2.83. The summed E-state index contributed by atoms with van der Waals surface area (Å²) in [5, 5.41) is 16.4. The number of aliphatic hydroxyl groups excluding tert-OH is 1. The van der Waals surface area contributed by atoms with Crippen LogP contribution in [0.1, 0.15) is 44.0 Å². The highest BCUT2D eigenvalue weighted by molar-refractivity contribution is 5.57. The zero-order valence-electron chi connectivity index (χ0n) is 12.7. The van der Waals surface area contributed by atoms with Gasteiger partial charge < -0.3 is 15.7 Å². The molecule has 20 heavy (non-hydrogen) atoms. The quantitative estimate of drug-likeness (QED) is 0.772. The molecule has 1 aliphatic rings. The maximum Gasteiger partial charge on any atom is 0.134 e. The monoisotopic (exact) mass is 278 g/mol. The summed E-state index contributed by atoms with van der Waals surface area (Å²) >= 11 is 0. The van der Waals surface area contributed by atoms with E-state index in [1.54, 1.807) is 0 Å².